The second kappa shape index (κ2) is 15.8. The van der Waals surface area contributed by atoms with E-state index in [1.54, 1.807) is 9.80 Å². The molecule has 1 unspecified atom stereocenters. The fourth-order valence-corrected chi connectivity index (χ4v) is 5.68. The minimum atomic E-state index is -0.465. The van der Waals surface area contributed by atoms with Gasteiger partial charge in [0.15, 0.2) is 0 Å². The molecule has 1 atom stereocenters. The Kier molecular flexibility index (Phi) is 14.3. The minimum absolute atomic E-state index is 0.0526. The standard InChI is InChI=1S/C28H54N2O4/c1-7-24(22-28(10-4,11-5)30-25(32)23-29(12-6)26(30)33)34-21-17-15-19-27(8-2,9-3)18-14-13-16-20-31/h24,31H,7-23H2,1-6H3. The van der Waals surface area contributed by atoms with E-state index in [0.29, 0.717) is 25.0 Å². The van der Waals surface area contributed by atoms with Crippen LogP contribution < -0.4 is 0 Å². The van der Waals surface area contributed by atoms with Crippen LogP contribution in [0, 0.1) is 5.41 Å². The van der Waals surface area contributed by atoms with Crippen LogP contribution in [0.1, 0.15) is 125 Å². The van der Waals surface area contributed by atoms with E-state index in [1.165, 1.54) is 38.5 Å². The Morgan fingerprint density at radius 1 is 0.882 bits per heavy atom. The van der Waals surface area contributed by atoms with Gasteiger partial charge in [0.05, 0.1) is 11.6 Å². The van der Waals surface area contributed by atoms with E-state index in [2.05, 4.69) is 34.6 Å². The summed E-state index contributed by atoms with van der Waals surface area (Å²) in [5.74, 6) is -0.0696. The van der Waals surface area contributed by atoms with Gasteiger partial charge in [0.1, 0.15) is 6.54 Å². The monoisotopic (exact) mass is 482 g/mol. The van der Waals surface area contributed by atoms with Crippen molar-refractivity contribution in [3.8, 4) is 0 Å². The maximum atomic E-state index is 12.9. The van der Waals surface area contributed by atoms with Gasteiger partial charge in [0.25, 0.3) is 5.91 Å². The number of ether oxygens (including phenoxy) is 1. The molecule has 1 fully saturated rings. The number of imide groups is 1. The fourth-order valence-electron chi connectivity index (χ4n) is 5.68. The van der Waals surface area contributed by atoms with Gasteiger partial charge in [-0.15, -0.1) is 0 Å². The Bertz CT molecular complexity index is 587. The summed E-state index contributed by atoms with van der Waals surface area (Å²) in [6.07, 6.45) is 13.5. The molecule has 1 aliphatic heterocycles. The van der Waals surface area contributed by atoms with E-state index < -0.39 is 5.54 Å². The summed E-state index contributed by atoms with van der Waals surface area (Å²) in [5, 5.41) is 9.04. The average molecular weight is 483 g/mol. The molecule has 0 bridgehead atoms. The summed E-state index contributed by atoms with van der Waals surface area (Å²) in [4.78, 5) is 28.9. The van der Waals surface area contributed by atoms with Gasteiger partial charge in [-0.05, 0) is 63.7 Å². The number of rotatable bonds is 20. The van der Waals surface area contributed by atoms with Crippen molar-refractivity contribution >= 4 is 11.9 Å². The summed E-state index contributed by atoms with van der Waals surface area (Å²) < 4.78 is 6.34. The Morgan fingerprint density at radius 2 is 1.50 bits per heavy atom. The third kappa shape index (κ3) is 8.22. The van der Waals surface area contributed by atoms with Gasteiger partial charge in [-0.2, -0.15) is 0 Å². The zero-order valence-electron chi connectivity index (χ0n) is 23.2. The predicted molar refractivity (Wildman–Crippen MR) is 140 cm³/mol. The number of urea groups is 1. The van der Waals surface area contributed by atoms with Crippen molar-refractivity contribution in [1.82, 2.24) is 9.80 Å². The van der Waals surface area contributed by atoms with E-state index >= 15 is 0 Å². The molecule has 0 saturated carbocycles. The van der Waals surface area contributed by atoms with Crippen LogP contribution >= 0.6 is 0 Å². The first-order valence-corrected chi connectivity index (χ1v) is 14.2. The Labute approximate surface area is 209 Å². The van der Waals surface area contributed by atoms with Crippen LogP contribution in [0.15, 0.2) is 0 Å². The molecule has 0 radical (unpaired) electrons. The lowest BCUT2D eigenvalue weighted by Crippen LogP contribution is -2.53. The third-order valence-corrected chi connectivity index (χ3v) is 8.59. The fraction of sp³-hybridized carbons (Fsp3) is 0.929. The van der Waals surface area contributed by atoms with Gasteiger partial charge in [0.2, 0.25) is 0 Å². The number of likely N-dealkylation sites (N-methyl/N-ethyl adjacent to an activating group) is 1. The summed E-state index contributed by atoms with van der Waals surface area (Å²) in [7, 11) is 0. The lowest BCUT2D eigenvalue weighted by atomic mass is 9.74. The van der Waals surface area contributed by atoms with Crippen LogP contribution in [-0.4, -0.2) is 64.8 Å². The smallest absolute Gasteiger partial charge is 0.327 e. The number of aliphatic hydroxyl groups is 1. The molecule has 1 heterocycles. The summed E-state index contributed by atoms with van der Waals surface area (Å²) in [6.45, 7) is 14.7. The third-order valence-electron chi connectivity index (χ3n) is 8.59. The van der Waals surface area contributed by atoms with Gasteiger partial charge < -0.3 is 14.7 Å². The minimum Gasteiger partial charge on any atom is -0.396 e. The highest BCUT2D eigenvalue weighted by Gasteiger charge is 2.48. The number of nitrogens with zero attached hydrogens (tertiary/aromatic N) is 2. The van der Waals surface area contributed by atoms with Gasteiger partial charge in [0, 0.05) is 19.8 Å². The van der Waals surface area contributed by atoms with Crippen molar-refractivity contribution in [2.24, 2.45) is 5.41 Å². The van der Waals surface area contributed by atoms with Crippen molar-refractivity contribution < 1.29 is 19.4 Å². The van der Waals surface area contributed by atoms with E-state index in [4.69, 9.17) is 9.84 Å². The van der Waals surface area contributed by atoms with E-state index in [0.717, 1.165) is 45.1 Å². The second-order valence-electron chi connectivity index (χ2n) is 10.3. The maximum absolute atomic E-state index is 12.9. The Morgan fingerprint density at radius 3 is 1.97 bits per heavy atom. The zero-order chi connectivity index (χ0) is 25.6. The number of hydrogen-bond acceptors (Lipinski definition) is 4. The number of unbranched alkanes of at least 4 members (excludes halogenated alkanes) is 3. The molecule has 0 aromatic rings. The molecular weight excluding hydrogens is 428 g/mol. The normalized spacial score (nSPS) is 16.1. The summed E-state index contributed by atoms with van der Waals surface area (Å²) in [5.41, 5.74) is -0.0479. The first-order chi connectivity index (χ1) is 16.3. The van der Waals surface area contributed by atoms with Gasteiger partial charge >= 0.3 is 6.03 Å². The zero-order valence-corrected chi connectivity index (χ0v) is 23.2. The molecular formula is C28H54N2O4. The lowest BCUT2D eigenvalue weighted by molar-refractivity contribution is -0.131. The molecule has 0 aromatic heterocycles. The molecule has 0 aliphatic carbocycles. The van der Waals surface area contributed by atoms with E-state index in [1.807, 2.05) is 6.92 Å². The van der Waals surface area contributed by atoms with Crippen LogP contribution in [0.25, 0.3) is 0 Å². The summed E-state index contributed by atoms with van der Waals surface area (Å²) >= 11 is 0. The van der Waals surface area contributed by atoms with Crippen molar-refractivity contribution in [3.05, 3.63) is 0 Å². The number of hydrogen-bond donors (Lipinski definition) is 1. The number of carbonyl (C=O) groups is 2. The SMILES string of the molecule is CCC(CC(CC)(CC)N1C(=O)CN(CC)C1=O)OCCCCC(CC)(CC)CCCCCO. The second-order valence-corrected chi connectivity index (χ2v) is 10.3. The van der Waals surface area contributed by atoms with E-state index in [9.17, 15) is 9.59 Å². The number of carbonyl (C=O) groups excluding carboxylic acids is 2. The molecule has 3 amide bonds. The van der Waals surface area contributed by atoms with Gasteiger partial charge in [-0.3, -0.25) is 9.69 Å². The topological polar surface area (TPSA) is 70.1 Å². The molecule has 0 aromatic carbocycles. The van der Waals surface area contributed by atoms with E-state index in [-0.39, 0.29) is 24.6 Å². The molecule has 6 heteroatoms. The van der Waals surface area contributed by atoms with Crippen LogP contribution in [0.3, 0.4) is 0 Å². The van der Waals surface area contributed by atoms with Gasteiger partial charge in [-0.1, -0.05) is 66.7 Å². The highest BCUT2D eigenvalue weighted by molar-refractivity contribution is 6.02. The van der Waals surface area contributed by atoms with Crippen molar-refractivity contribution in [3.63, 3.8) is 0 Å². The molecule has 1 N–H and O–H groups in total. The van der Waals surface area contributed by atoms with Crippen LogP contribution in [0.2, 0.25) is 0 Å². The molecule has 200 valence electrons. The van der Waals surface area contributed by atoms with Crippen LogP contribution in [0.4, 0.5) is 4.79 Å². The largest absolute Gasteiger partial charge is 0.396 e. The molecule has 0 spiro atoms. The molecule has 6 nitrogen and oxygen atoms in total. The summed E-state index contributed by atoms with van der Waals surface area (Å²) in [6, 6.07) is -0.138. The average Bonchev–Trinajstić information content (AvgIpc) is 3.16. The van der Waals surface area contributed by atoms with Crippen LogP contribution in [0.5, 0.6) is 0 Å². The first-order valence-electron chi connectivity index (χ1n) is 14.2. The molecule has 1 rings (SSSR count). The van der Waals surface area contributed by atoms with Crippen LogP contribution in [-0.2, 0) is 9.53 Å². The highest BCUT2D eigenvalue weighted by atomic mass is 16.5. The van der Waals surface area contributed by atoms with Crippen molar-refractivity contribution in [2.75, 3.05) is 26.3 Å². The molecule has 34 heavy (non-hydrogen) atoms. The van der Waals surface area contributed by atoms with Gasteiger partial charge in [-0.25, -0.2) is 4.79 Å². The first kappa shape index (κ1) is 30.9. The number of aliphatic hydroxyl groups excluding tert-OH is 1. The lowest BCUT2D eigenvalue weighted by Gasteiger charge is -2.41. The molecule has 1 aliphatic rings. The van der Waals surface area contributed by atoms with Crippen molar-refractivity contribution in [1.29, 1.82) is 0 Å². The molecule has 1 saturated heterocycles. The number of amides is 3. The quantitative estimate of drug-likeness (QED) is 0.158. The predicted octanol–water partition coefficient (Wildman–Crippen LogP) is 6.54. The maximum Gasteiger partial charge on any atom is 0.327 e. The Hall–Kier alpha value is -1.14. The van der Waals surface area contributed by atoms with Crippen molar-refractivity contribution in [2.45, 2.75) is 137 Å². The Balaban J connectivity index is 2.62. The highest BCUT2D eigenvalue weighted by Crippen LogP contribution is 2.38.